The van der Waals surface area contributed by atoms with Crippen molar-refractivity contribution in [2.24, 2.45) is 0 Å². The molecule has 1 fully saturated rings. The summed E-state index contributed by atoms with van der Waals surface area (Å²) in [5.74, 6) is -0.255. The second-order valence-corrected chi connectivity index (χ2v) is 9.68. The summed E-state index contributed by atoms with van der Waals surface area (Å²) >= 11 is 12.6. The lowest BCUT2D eigenvalue weighted by Gasteiger charge is -2.25. The Kier molecular flexibility index (Phi) is 8.23. The molecule has 0 bridgehead atoms. The molecule has 1 amide bonds. The fourth-order valence-electron chi connectivity index (χ4n) is 3.56. The van der Waals surface area contributed by atoms with Crippen LogP contribution >= 0.6 is 35.6 Å². The Balaban J connectivity index is 1.60. The summed E-state index contributed by atoms with van der Waals surface area (Å²) < 4.78 is 11.6. The first-order chi connectivity index (χ1) is 17.0. The van der Waals surface area contributed by atoms with Gasteiger partial charge in [0.2, 0.25) is 0 Å². The van der Waals surface area contributed by atoms with E-state index in [9.17, 15) is 9.59 Å². The molecule has 0 aliphatic carbocycles. The van der Waals surface area contributed by atoms with Crippen LogP contribution in [0.3, 0.4) is 0 Å². The predicted octanol–water partition coefficient (Wildman–Crippen LogP) is 6.42. The Morgan fingerprint density at radius 1 is 1.06 bits per heavy atom. The summed E-state index contributed by atoms with van der Waals surface area (Å²) in [5.41, 5.74) is 2.33. The minimum atomic E-state index is -0.953. The highest BCUT2D eigenvalue weighted by molar-refractivity contribution is 8.26. The number of para-hydroxylation sites is 1. The monoisotopic (exact) mass is 523 g/mol. The van der Waals surface area contributed by atoms with Gasteiger partial charge in [0.15, 0.2) is 6.04 Å². The topological polar surface area (TPSA) is 55.8 Å². The Morgan fingerprint density at radius 2 is 1.74 bits per heavy atom. The van der Waals surface area contributed by atoms with E-state index in [0.29, 0.717) is 32.2 Å². The van der Waals surface area contributed by atoms with Crippen molar-refractivity contribution in [1.29, 1.82) is 0 Å². The Hall–Kier alpha value is -3.13. The maximum absolute atomic E-state index is 13.5. The lowest BCUT2D eigenvalue weighted by atomic mass is 10.1. The van der Waals surface area contributed by atoms with Gasteiger partial charge in [-0.1, -0.05) is 96.2 Å². The smallest absolute Gasteiger partial charge is 0.333 e. The van der Waals surface area contributed by atoms with E-state index in [1.54, 1.807) is 25.1 Å². The molecule has 1 aliphatic heterocycles. The molecular formula is C27H22ClNO4S2. The highest BCUT2D eigenvalue weighted by atomic mass is 35.5. The van der Waals surface area contributed by atoms with Gasteiger partial charge >= 0.3 is 5.97 Å². The third-order valence-corrected chi connectivity index (χ3v) is 6.80. The molecule has 1 heterocycles. The highest BCUT2D eigenvalue weighted by Gasteiger charge is 2.42. The van der Waals surface area contributed by atoms with Crippen LogP contribution in [-0.2, 0) is 20.9 Å². The number of carbonyl (C=O) groups is 2. The molecule has 1 atom stereocenters. The predicted molar refractivity (Wildman–Crippen MR) is 143 cm³/mol. The number of ether oxygens (including phenoxy) is 2. The third-order valence-electron chi connectivity index (χ3n) is 5.22. The zero-order chi connectivity index (χ0) is 24.8. The van der Waals surface area contributed by atoms with Gasteiger partial charge in [-0.05, 0) is 42.3 Å². The standard InChI is InChI=1S/C27H22ClNO4S2/c1-2-32-26(31)24(19-8-4-3-5-9-19)29-25(30)23(35-27(29)34)16-20-10-6-7-11-22(20)33-17-18-12-14-21(28)15-13-18/h3-16,24H,2,17H2,1H3/b23-16+. The number of benzene rings is 3. The highest BCUT2D eigenvalue weighted by Crippen LogP contribution is 2.39. The summed E-state index contributed by atoms with van der Waals surface area (Å²) in [7, 11) is 0. The number of hydrogen-bond acceptors (Lipinski definition) is 6. The fourth-order valence-corrected chi connectivity index (χ4v) is 4.99. The van der Waals surface area contributed by atoms with Crippen LogP contribution in [0.15, 0.2) is 83.8 Å². The van der Waals surface area contributed by atoms with Crippen LogP contribution in [0.25, 0.3) is 6.08 Å². The second-order valence-electron chi connectivity index (χ2n) is 7.57. The first kappa shape index (κ1) is 25.0. The molecule has 8 heteroatoms. The van der Waals surface area contributed by atoms with E-state index in [1.807, 2.05) is 66.7 Å². The Labute approximate surface area is 218 Å². The van der Waals surface area contributed by atoms with Crippen molar-refractivity contribution in [2.45, 2.75) is 19.6 Å². The molecule has 178 valence electrons. The average molecular weight is 524 g/mol. The van der Waals surface area contributed by atoms with Gasteiger partial charge in [-0.25, -0.2) is 4.79 Å². The van der Waals surface area contributed by atoms with Gasteiger partial charge in [-0.2, -0.15) is 0 Å². The van der Waals surface area contributed by atoms with Gasteiger partial charge in [0.1, 0.15) is 16.7 Å². The van der Waals surface area contributed by atoms with Gasteiger partial charge in [0, 0.05) is 10.6 Å². The number of esters is 1. The zero-order valence-electron chi connectivity index (χ0n) is 18.8. The second kappa shape index (κ2) is 11.5. The quantitative estimate of drug-likeness (QED) is 0.193. The fraction of sp³-hybridized carbons (Fsp3) is 0.148. The molecule has 3 aromatic carbocycles. The molecule has 0 radical (unpaired) electrons. The number of amides is 1. The number of rotatable bonds is 8. The largest absolute Gasteiger partial charge is 0.488 e. The van der Waals surface area contributed by atoms with Crippen LogP contribution < -0.4 is 4.74 Å². The molecule has 4 rings (SSSR count). The van der Waals surface area contributed by atoms with Gasteiger partial charge in [-0.15, -0.1) is 0 Å². The molecular weight excluding hydrogens is 502 g/mol. The molecule has 1 aliphatic rings. The molecule has 0 saturated carbocycles. The van der Waals surface area contributed by atoms with Crippen LogP contribution in [-0.4, -0.2) is 27.7 Å². The Bertz CT molecular complexity index is 1260. The van der Waals surface area contributed by atoms with Crippen LogP contribution in [0.5, 0.6) is 5.75 Å². The number of hydrogen-bond donors (Lipinski definition) is 0. The number of carbonyl (C=O) groups excluding carboxylic acids is 2. The minimum absolute atomic E-state index is 0.200. The van der Waals surface area contributed by atoms with Gasteiger partial charge < -0.3 is 9.47 Å². The first-order valence-electron chi connectivity index (χ1n) is 10.9. The van der Waals surface area contributed by atoms with Crippen molar-refractivity contribution >= 4 is 57.9 Å². The maximum Gasteiger partial charge on any atom is 0.333 e. The molecule has 1 unspecified atom stereocenters. The van der Waals surface area contributed by atoms with E-state index in [4.69, 9.17) is 33.3 Å². The van der Waals surface area contributed by atoms with E-state index in [2.05, 4.69) is 0 Å². The van der Waals surface area contributed by atoms with Crippen LogP contribution in [0.1, 0.15) is 29.7 Å². The summed E-state index contributed by atoms with van der Waals surface area (Å²) in [6.45, 7) is 2.28. The van der Waals surface area contributed by atoms with E-state index in [0.717, 1.165) is 22.9 Å². The van der Waals surface area contributed by atoms with E-state index in [1.165, 1.54) is 4.90 Å². The third kappa shape index (κ3) is 5.93. The summed E-state index contributed by atoms with van der Waals surface area (Å²) in [4.78, 5) is 28.0. The zero-order valence-corrected chi connectivity index (χ0v) is 21.2. The number of halogens is 1. The number of thiocarbonyl (C=S) groups is 1. The lowest BCUT2D eigenvalue weighted by Crippen LogP contribution is -2.38. The Morgan fingerprint density at radius 3 is 2.46 bits per heavy atom. The summed E-state index contributed by atoms with van der Waals surface area (Å²) in [6.07, 6.45) is 1.74. The van der Waals surface area contributed by atoms with Crippen molar-refractivity contribution in [3.05, 3.63) is 105 Å². The number of thioether (sulfide) groups is 1. The van der Waals surface area contributed by atoms with Crippen LogP contribution in [0, 0.1) is 0 Å². The summed E-state index contributed by atoms with van der Waals surface area (Å²) in [6, 6.07) is 22.9. The molecule has 1 saturated heterocycles. The SMILES string of the molecule is CCOC(=O)C(c1ccccc1)N1C(=O)/C(=C\c2ccccc2OCc2ccc(Cl)cc2)SC1=S. The van der Waals surface area contributed by atoms with Crippen molar-refractivity contribution in [3.63, 3.8) is 0 Å². The van der Waals surface area contributed by atoms with Gasteiger partial charge in [0.25, 0.3) is 5.91 Å². The van der Waals surface area contributed by atoms with E-state index in [-0.39, 0.29) is 12.5 Å². The molecule has 0 aromatic heterocycles. The van der Waals surface area contributed by atoms with Crippen LogP contribution in [0.2, 0.25) is 5.02 Å². The van der Waals surface area contributed by atoms with E-state index < -0.39 is 12.0 Å². The van der Waals surface area contributed by atoms with Crippen LogP contribution in [0.4, 0.5) is 0 Å². The maximum atomic E-state index is 13.5. The molecule has 5 nitrogen and oxygen atoms in total. The molecule has 35 heavy (non-hydrogen) atoms. The minimum Gasteiger partial charge on any atom is -0.488 e. The van der Waals surface area contributed by atoms with Gasteiger partial charge in [0.05, 0.1) is 11.5 Å². The summed E-state index contributed by atoms with van der Waals surface area (Å²) in [5, 5.41) is 0.660. The molecule has 3 aromatic rings. The average Bonchev–Trinajstić information content (AvgIpc) is 3.13. The normalized spacial score (nSPS) is 15.4. The van der Waals surface area contributed by atoms with Crippen molar-refractivity contribution in [3.8, 4) is 5.75 Å². The first-order valence-corrected chi connectivity index (χ1v) is 12.5. The molecule has 0 N–H and O–H groups in total. The van der Waals surface area contributed by atoms with Crippen molar-refractivity contribution < 1.29 is 19.1 Å². The van der Waals surface area contributed by atoms with Gasteiger partial charge in [-0.3, -0.25) is 9.69 Å². The number of nitrogens with zero attached hydrogens (tertiary/aromatic N) is 1. The van der Waals surface area contributed by atoms with E-state index >= 15 is 0 Å². The lowest BCUT2D eigenvalue weighted by molar-refractivity contribution is -0.151. The van der Waals surface area contributed by atoms with Crippen molar-refractivity contribution in [2.75, 3.05) is 6.61 Å². The molecule has 0 spiro atoms. The van der Waals surface area contributed by atoms with Crippen molar-refractivity contribution in [1.82, 2.24) is 4.90 Å².